The van der Waals surface area contributed by atoms with Gasteiger partial charge in [-0.2, -0.15) is 0 Å². The molecule has 0 aromatic rings. The van der Waals surface area contributed by atoms with Crippen LogP contribution in [0.3, 0.4) is 0 Å². The molecule has 94 valence electrons. The van der Waals surface area contributed by atoms with E-state index in [2.05, 4.69) is 13.8 Å². The molecule has 0 saturated heterocycles. The van der Waals surface area contributed by atoms with Gasteiger partial charge in [0.15, 0.2) is 0 Å². The van der Waals surface area contributed by atoms with Gasteiger partial charge in [-0.15, -0.1) is 0 Å². The van der Waals surface area contributed by atoms with E-state index >= 15 is 0 Å². The molecule has 0 amide bonds. The molecule has 0 radical (unpaired) electrons. The summed E-state index contributed by atoms with van der Waals surface area (Å²) in [5.41, 5.74) is 0. The van der Waals surface area contributed by atoms with Gasteiger partial charge in [0.2, 0.25) is 0 Å². The number of aliphatic hydroxyl groups is 2. The quantitative estimate of drug-likeness (QED) is 0.748. The summed E-state index contributed by atoms with van der Waals surface area (Å²) in [5.74, 6) is 0.255. The van der Waals surface area contributed by atoms with Gasteiger partial charge in [0, 0.05) is 19.6 Å². The van der Waals surface area contributed by atoms with Gasteiger partial charge in [0.25, 0.3) is 0 Å². The number of hydrogen-bond donors (Lipinski definition) is 2. The highest BCUT2D eigenvalue weighted by Crippen LogP contribution is 1.79. The van der Waals surface area contributed by atoms with Gasteiger partial charge in [-0.1, -0.05) is 33.6 Å². The summed E-state index contributed by atoms with van der Waals surface area (Å²) >= 11 is 0. The predicted molar refractivity (Wildman–Crippen MR) is 65.0 cm³/mol. The lowest BCUT2D eigenvalue weighted by Crippen LogP contribution is -1.80. The summed E-state index contributed by atoms with van der Waals surface area (Å²) < 4.78 is 0. The van der Waals surface area contributed by atoms with Gasteiger partial charge >= 0.3 is 0 Å². The van der Waals surface area contributed by atoms with Crippen LogP contribution in [-0.4, -0.2) is 29.2 Å². The molecule has 2 N–H and O–H groups in total. The van der Waals surface area contributed by atoms with Crippen molar-refractivity contribution in [3.63, 3.8) is 0 Å². The molecule has 0 aliphatic carbocycles. The Balaban J connectivity index is -0.000000144. The number of unbranched alkanes of at least 4 members (excludes halogenated alkanes) is 2. The average Bonchev–Trinajstić information content (AvgIpc) is 2.22. The Morgan fingerprint density at radius 2 is 1.20 bits per heavy atom. The highest BCUT2D eigenvalue weighted by atomic mass is 16.3. The van der Waals surface area contributed by atoms with Crippen LogP contribution in [0.5, 0.6) is 0 Å². The number of aliphatic hydroxyl groups excluding tert-OH is 2. The fourth-order valence-corrected chi connectivity index (χ4v) is 0.316. The molecule has 0 atom stereocenters. The van der Waals surface area contributed by atoms with E-state index in [9.17, 15) is 4.79 Å². The maximum absolute atomic E-state index is 9.81. The fourth-order valence-electron chi connectivity index (χ4n) is 0.316. The lowest BCUT2D eigenvalue weighted by atomic mass is 10.4. The van der Waals surface area contributed by atoms with Crippen LogP contribution in [-0.2, 0) is 4.79 Å². The molecule has 0 aromatic carbocycles. The van der Waals surface area contributed by atoms with Crippen LogP contribution >= 0.6 is 0 Å². The molecule has 0 spiro atoms. The van der Waals surface area contributed by atoms with Crippen molar-refractivity contribution < 1.29 is 15.0 Å². The number of rotatable bonds is 5. The minimum atomic E-state index is 0.255. The van der Waals surface area contributed by atoms with E-state index in [1.165, 1.54) is 0 Å². The maximum atomic E-state index is 9.81. The van der Waals surface area contributed by atoms with E-state index in [4.69, 9.17) is 10.2 Å². The topological polar surface area (TPSA) is 57.5 Å². The Morgan fingerprint density at radius 3 is 1.20 bits per heavy atom. The van der Waals surface area contributed by atoms with E-state index in [0.29, 0.717) is 19.6 Å². The lowest BCUT2D eigenvalue weighted by Gasteiger charge is -1.79. The van der Waals surface area contributed by atoms with Gasteiger partial charge < -0.3 is 15.0 Å². The molecular formula is C12H28O3. The number of ketones is 1. The summed E-state index contributed by atoms with van der Waals surface area (Å²) in [7, 11) is 0. The van der Waals surface area contributed by atoms with Crippen LogP contribution in [0.2, 0.25) is 0 Å². The predicted octanol–water partition coefficient (Wildman–Crippen LogP) is 2.54. The van der Waals surface area contributed by atoms with Crippen LogP contribution in [0.1, 0.15) is 59.8 Å². The number of hydrogen-bond acceptors (Lipinski definition) is 3. The zero-order valence-electron chi connectivity index (χ0n) is 10.8. The zero-order valence-corrected chi connectivity index (χ0v) is 10.8. The van der Waals surface area contributed by atoms with Gasteiger partial charge in [0.1, 0.15) is 5.78 Å². The Kier molecular flexibility index (Phi) is 31.3. The molecule has 0 fully saturated rings. The Labute approximate surface area is 94.5 Å². The molecule has 0 heterocycles. The van der Waals surface area contributed by atoms with Gasteiger partial charge in [-0.05, 0) is 19.8 Å². The maximum Gasteiger partial charge on any atom is 0.129 e. The van der Waals surface area contributed by atoms with E-state index in [0.717, 1.165) is 25.7 Å². The second-order valence-corrected chi connectivity index (χ2v) is 3.21. The van der Waals surface area contributed by atoms with E-state index in [1.54, 1.807) is 6.92 Å². The highest BCUT2D eigenvalue weighted by molar-refractivity contribution is 5.74. The number of carbonyl (C=O) groups is 1. The second kappa shape index (κ2) is 23.4. The standard InChI is InChI=1S/C4H8O.2C4H10O/c1-3-4(2)5;2*1-2-3-4-5/h3H2,1-2H3;2*5H,2-4H2,1H3. The molecule has 3 nitrogen and oxygen atoms in total. The van der Waals surface area contributed by atoms with Crippen LogP contribution in [0.4, 0.5) is 0 Å². The average molecular weight is 220 g/mol. The molecule has 0 aromatic heterocycles. The molecule has 0 bridgehead atoms. The van der Waals surface area contributed by atoms with Crippen molar-refractivity contribution in [3.8, 4) is 0 Å². The van der Waals surface area contributed by atoms with Crippen molar-refractivity contribution in [2.45, 2.75) is 59.8 Å². The van der Waals surface area contributed by atoms with Crippen molar-refractivity contribution in [1.82, 2.24) is 0 Å². The number of carbonyl (C=O) groups excluding carboxylic acids is 1. The Hall–Kier alpha value is -0.410. The third kappa shape index (κ3) is 58.4. The van der Waals surface area contributed by atoms with Crippen molar-refractivity contribution >= 4 is 5.78 Å². The van der Waals surface area contributed by atoms with Crippen LogP contribution < -0.4 is 0 Å². The highest BCUT2D eigenvalue weighted by Gasteiger charge is 1.76. The largest absolute Gasteiger partial charge is 0.396 e. The van der Waals surface area contributed by atoms with Gasteiger partial charge in [-0.25, -0.2) is 0 Å². The van der Waals surface area contributed by atoms with Crippen LogP contribution in [0, 0.1) is 0 Å². The first-order valence-corrected chi connectivity index (χ1v) is 5.81. The third-order valence-corrected chi connectivity index (χ3v) is 1.52. The molecule has 0 aliphatic heterocycles. The van der Waals surface area contributed by atoms with Crippen molar-refractivity contribution in [1.29, 1.82) is 0 Å². The summed E-state index contributed by atoms with van der Waals surface area (Å²) in [4.78, 5) is 9.81. The molecular weight excluding hydrogens is 192 g/mol. The number of Topliss-reactive ketones (excluding diaryl/α,β-unsaturated/α-hetero) is 1. The van der Waals surface area contributed by atoms with Gasteiger partial charge in [0.05, 0.1) is 0 Å². The molecule has 0 aliphatic rings. The summed E-state index contributed by atoms with van der Waals surface area (Å²) in [6, 6.07) is 0. The zero-order chi connectivity index (χ0) is 12.5. The van der Waals surface area contributed by atoms with Crippen molar-refractivity contribution in [2.75, 3.05) is 13.2 Å². The minimum absolute atomic E-state index is 0.255. The van der Waals surface area contributed by atoms with Crippen molar-refractivity contribution in [3.05, 3.63) is 0 Å². The van der Waals surface area contributed by atoms with Crippen LogP contribution in [0.15, 0.2) is 0 Å². The Morgan fingerprint density at radius 1 is 0.933 bits per heavy atom. The first-order chi connectivity index (χ1) is 7.10. The second-order valence-electron chi connectivity index (χ2n) is 3.21. The monoisotopic (exact) mass is 220 g/mol. The fraction of sp³-hybridized carbons (Fsp3) is 0.917. The van der Waals surface area contributed by atoms with Crippen molar-refractivity contribution in [2.24, 2.45) is 0 Å². The Bertz CT molecular complexity index is 93.0. The smallest absolute Gasteiger partial charge is 0.129 e. The van der Waals surface area contributed by atoms with E-state index in [1.807, 2.05) is 6.92 Å². The molecule has 0 unspecified atom stereocenters. The molecule has 0 rings (SSSR count). The summed E-state index contributed by atoms with van der Waals surface area (Å²) in [5, 5.41) is 16.1. The third-order valence-electron chi connectivity index (χ3n) is 1.52. The molecule has 3 heteroatoms. The molecule has 15 heavy (non-hydrogen) atoms. The minimum Gasteiger partial charge on any atom is -0.396 e. The lowest BCUT2D eigenvalue weighted by molar-refractivity contribution is -0.116. The van der Waals surface area contributed by atoms with E-state index < -0.39 is 0 Å². The first kappa shape index (κ1) is 20.1. The first-order valence-electron chi connectivity index (χ1n) is 5.81. The van der Waals surface area contributed by atoms with Crippen LogP contribution in [0.25, 0.3) is 0 Å². The normalized spacial score (nSPS) is 8.13. The SMILES string of the molecule is CCC(C)=O.CCCCO.CCCCO. The summed E-state index contributed by atoms with van der Waals surface area (Å²) in [6.45, 7) is 8.22. The van der Waals surface area contributed by atoms with Gasteiger partial charge in [-0.3, -0.25) is 0 Å². The van der Waals surface area contributed by atoms with E-state index in [-0.39, 0.29) is 5.78 Å². The molecule has 0 saturated carbocycles. The summed E-state index contributed by atoms with van der Waals surface area (Å²) in [6.07, 6.45) is 4.74.